The summed E-state index contributed by atoms with van der Waals surface area (Å²) in [5, 5.41) is 7.84. The highest BCUT2D eigenvalue weighted by molar-refractivity contribution is 7.85. The van der Waals surface area contributed by atoms with Gasteiger partial charge >= 0.3 is 11.9 Å². The Kier molecular flexibility index (Phi) is 4.45. The van der Waals surface area contributed by atoms with Gasteiger partial charge in [-0.3, -0.25) is 9.00 Å². The molecule has 0 aromatic carbocycles. The number of methoxy groups -OCH3 is 1. The number of rotatable bonds is 5. The van der Waals surface area contributed by atoms with Gasteiger partial charge in [0, 0.05) is 10.8 Å². The molecule has 1 aromatic rings. The van der Waals surface area contributed by atoms with Crippen LogP contribution in [0, 0.1) is 0 Å². The van der Waals surface area contributed by atoms with Crippen LogP contribution in [-0.2, 0) is 26.1 Å². The van der Waals surface area contributed by atoms with Gasteiger partial charge in [0.05, 0.1) is 12.9 Å². The normalized spacial score (nSPS) is 14.0. The lowest BCUT2D eigenvalue weighted by molar-refractivity contribution is -0.139. The van der Waals surface area contributed by atoms with Crippen molar-refractivity contribution in [2.24, 2.45) is 0 Å². The van der Waals surface area contributed by atoms with Crippen LogP contribution in [0.25, 0.3) is 0 Å². The second-order valence-electron chi connectivity index (χ2n) is 3.26. The quantitative estimate of drug-likeness (QED) is 0.786. The Bertz CT molecular complexity index is 449. The van der Waals surface area contributed by atoms with E-state index >= 15 is 0 Å². The number of hydrogen-bond donors (Lipinski definition) is 1. The van der Waals surface area contributed by atoms with Crippen molar-refractivity contribution < 1.29 is 28.1 Å². The molecule has 0 aliphatic rings. The summed E-state index contributed by atoms with van der Waals surface area (Å²) in [5.74, 6) is -1.75. The zero-order chi connectivity index (χ0) is 13.0. The third-order valence-corrected chi connectivity index (χ3v) is 3.63. The maximum absolute atomic E-state index is 11.7. The van der Waals surface area contributed by atoms with Gasteiger partial charge in [-0.05, 0) is 19.1 Å². The standard InChI is InChI=1S/C10H12O6S/c1-6(10(13)15-2)17(14)5-7-3-4-8(16-7)9(11)12/h3-4,6H,5H2,1-2H3,(H,11,12). The van der Waals surface area contributed by atoms with Crippen molar-refractivity contribution in [3.05, 3.63) is 23.7 Å². The maximum atomic E-state index is 11.7. The second-order valence-corrected chi connectivity index (χ2v) is 5.02. The number of hydrogen-bond acceptors (Lipinski definition) is 5. The highest BCUT2D eigenvalue weighted by Crippen LogP contribution is 2.12. The van der Waals surface area contributed by atoms with Gasteiger partial charge in [-0.25, -0.2) is 4.79 Å². The summed E-state index contributed by atoms with van der Waals surface area (Å²) >= 11 is 0. The predicted octanol–water partition coefficient (Wildman–Crippen LogP) is 0.788. The minimum Gasteiger partial charge on any atom is -0.475 e. The summed E-state index contributed by atoms with van der Waals surface area (Å²) in [7, 11) is -0.293. The molecule has 2 unspecified atom stereocenters. The largest absolute Gasteiger partial charge is 0.475 e. The Balaban J connectivity index is 2.67. The first-order chi connectivity index (χ1) is 7.95. The number of carbonyl (C=O) groups excluding carboxylic acids is 1. The molecule has 0 bridgehead atoms. The number of carboxylic acids is 1. The zero-order valence-corrected chi connectivity index (χ0v) is 10.2. The van der Waals surface area contributed by atoms with Crippen molar-refractivity contribution in [1.82, 2.24) is 0 Å². The summed E-state index contributed by atoms with van der Waals surface area (Å²) in [5.41, 5.74) is 0. The molecule has 1 N–H and O–H groups in total. The first-order valence-corrected chi connectivity index (χ1v) is 6.11. The molecule has 1 rings (SSSR count). The summed E-state index contributed by atoms with van der Waals surface area (Å²) in [4.78, 5) is 21.7. The molecule has 0 amide bonds. The Morgan fingerprint density at radius 1 is 1.53 bits per heavy atom. The summed E-state index contributed by atoms with van der Waals surface area (Å²) in [6.45, 7) is 1.48. The Labute approximate surface area is 100 Å². The van der Waals surface area contributed by atoms with Crippen LogP contribution in [0.5, 0.6) is 0 Å². The monoisotopic (exact) mass is 260 g/mol. The van der Waals surface area contributed by atoms with Crippen LogP contribution in [0.2, 0.25) is 0 Å². The summed E-state index contributed by atoms with van der Waals surface area (Å²) in [6, 6.07) is 2.70. The van der Waals surface area contributed by atoms with E-state index in [-0.39, 0.29) is 17.3 Å². The van der Waals surface area contributed by atoms with Gasteiger partial charge in [0.2, 0.25) is 5.76 Å². The number of esters is 1. The molecule has 0 fully saturated rings. The van der Waals surface area contributed by atoms with E-state index in [1.165, 1.54) is 26.2 Å². The molecule has 94 valence electrons. The predicted molar refractivity (Wildman–Crippen MR) is 59.0 cm³/mol. The molecule has 2 atom stereocenters. The van der Waals surface area contributed by atoms with Crippen molar-refractivity contribution in [3.8, 4) is 0 Å². The Morgan fingerprint density at radius 2 is 2.18 bits per heavy atom. The molecule has 1 heterocycles. The lowest BCUT2D eigenvalue weighted by atomic mass is 10.4. The molecule has 0 radical (unpaired) electrons. The van der Waals surface area contributed by atoms with Gasteiger partial charge in [0.25, 0.3) is 0 Å². The molecule has 0 saturated heterocycles. The topological polar surface area (TPSA) is 93.8 Å². The van der Waals surface area contributed by atoms with Crippen molar-refractivity contribution in [3.63, 3.8) is 0 Å². The average molecular weight is 260 g/mol. The van der Waals surface area contributed by atoms with Crippen LogP contribution in [0.4, 0.5) is 0 Å². The Morgan fingerprint density at radius 3 is 2.65 bits per heavy atom. The first-order valence-electron chi connectivity index (χ1n) is 4.72. The SMILES string of the molecule is COC(=O)C(C)S(=O)Cc1ccc(C(=O)O)o1. The molecule has 17 heavy (non-hydrogen) atoms. The smallest absolute Gasteiger partial charge is 0.371 e. The van der Waals surface area contributed by atoms with E-state index in [2.05, 4.69) is 4.74 Å². The molecule has 0 spiro atoms. The van der Waals surface area contributed by atoms with Crippen LogP contribution in [0.15, 0.2) is 16.5 Å². The molecule has 0 aliphatic carbocycles. The van der Waals surface area contributed by atoms with Crippen LogP contribution in [0.1, 0.15) is 23.2 Å². The Hall–Kier alpha value is -1.63. The number of furan rings is 1. The van der Waals surface area contributed by atoms with E-state index in [9.17, 15) is 13.8 Å². The lowest BCUT2D eigenvalue weighted by Crippen LogP contribution is -2.24. The maximum Gasteiger partial charge on any atom is 0.371 e. The van der Waals surface area contributed by atoms with Crippen LogP contribution in [-0.4, -0.2) is 33.6 Å². The number of ether oxygens (including phenoxy) is 1. The molecular weight excluding hydrogens is 248 g/mol. The number of aromatic carboxylic acids is 1. The third kappa shape index (κ3) is 3.42. The van der Waals surface area contributed by atoms with Crippen LogP contribution < -0.4 is 0 Å². The molecule has 1 aromatic heterocycles. The van der Waals surface area contributed by atoms with Crippen molar-refractivity contribution in [2.75, 3.05) is 7.11 Å². The van der Waals surface area contributed by atoms with Crippen molar-refractivity contribution in [1.29, 1.82) is 0 Å². The number of carboxylic acid groups (broad SMARTS) is 1. The summed E-state index contributed by atoms with van der Waals surface area (Å²) in [6.07, 6.45) is 0. The van der Waals surface area contributed by atoms with Gasteiger partial charge in [0.15, 0.2) is 0 Å². The van der Waals surface area contributed by atoms with Gasteiger partial charge in [0.1, 0.15) is 11.0 Å². The first kappa shape index (κ1) is 13.4. The zero-order valence-electron chi connectivity index (χ0n) is 9.34. The van der Waals surface area contributed by atoms with E-state index in [1.807, 2.05) is 0 Å². The highest BCUT2D eigenvalue weighted by Gasteiger charge is 2.22. The average Bonchev–Trinajstić information content (AvgIpc) is 2.75. The fraction of sp³-hybridized carbons (Fsp3) is 0.400. The minimum atomic E-state index is -1.51. The van der Waals surface area contributed by atoms with E-state index in [0.29, 0.717) is 0 Å². The number of carbonyl (C=O) groups is 2. The molecular formula is C10H12O6S. The molecule has 7 heteroatoms. The van der Waals surface area contributed by atoms with Gasteiger partial charge in [-0.1, -0.05) is 0 Å². The van der Waals surface area contributed by atoms with Crippen molar-refractivity contribution in [2.45, 2.75) is 17.9 Å². The van der Waals surface area contributed by atoms with Gasteiger partial charge in [-0.2, -0.15) is 0 Å². The molecule has 0 saturated carbocycles. The molecule has 6 nitrogen and oxygen atoms in total. The lowest BCUT2D eigenvalue weighted by Gasteiger charge is -2.07. The fourth-order valence-corrected chi connectivity index (χ4v) is 2.11. The fourth-order valence-electron chi connectivity index (χ4n) is 1.11. The molecule has 0 aliphatic heterocycles. The van der Waals surface area contributed by atoms with Crippen molar-refractivity contribution >= 4 is 22.7 Å². The van der Waals surface area contributed by atoms with E-state index in [1.54, 1.807) is 0 Å². The third-order valence-electron chi connectivity index (χ3n) is 2.08. The van der Waals surface area contributed by atoms with E-state index in [4.69, 9.17) is 9.52 Å². The van der Waals surface area contributed by atoms with Crippen LogP contribution >= 0.6 is 0 Å². The minimum absolute atomic E-state index is 0.0243. The van der Waals surface area contributed by atoms with Gasteiger partial charge in [-0.15, -0.1) is 0 Å². The highest BCUT2D eigenvalue weighted by atomic mass is 32.2. The summed E-state index contributed by atoms with van der Waals surface area (Å²) < 4.78 is 21.1. The van der Waals surface area contributed by atoms with E-state index in [0.717, 1.165) is 0 Å². The van der Waals surface area contributed by atoms with E-state index < -0.39 is 28.0 Å². The van der Waals surface area contributed by atoms with Gasteiger partial charge < -0.3 is 14.3 Å². The second kappa shape index (κ2) is 5.62. The van der Waals surface area contributed by atoms with Crippen LogP contribution in [0.3, 0.4) is 0 Å².